The average Bonchev–Trinajstić information content (AvgIpc) is 2.66. The van der Waals surface area contributed by atoms with E-state index in [0.717, 1.165) is 24.0 Å². The summed E-state index contributed by atoms with van der Waals surface area (Å²) < 4.78 is 33.1. The van der Waals surface area contributed by atoms with Crippen molar-refractivity contribution >= 4 is 21.8 Å². The SMILES string of the molecule is CCOc1ccc(NC(=O)N(Cc2cccc(OS(C)(=O)=O)c2)C(C)CC)cc1. The number of hydrogen-bond donors (Lipinski definition) is 1. The maximum absolute atomic E-state index is 12.9. The zero-order valence-corrected chi connectivity index (χ0v) is 18.0. The number of nitrogens with one attached hydrogen (secondary N) is 1. The van der Waals surface area contributed by atoms with Crippen molar-refractivity contribution < 1.29 is 22.1 Å². The maximum Gasteiger partial charge on any atom is 0.322 e. The molecule has 7 nitrogen and oxygen atoms in total. The smallest absolute Gasteiger partial charge is 0.322 e. The van der Waals surface area contributed by atoms with Gasteiger partial charge in [0, 0.05) is 18.3 Å². The lowest BCUT2D eigenvalue weighted by Gasteiger charge is -2.29. The molecular formula is C21H28N2O5S. The van der Waals surface area contributed by atoms with Crippen LogP contribution < -0.4 is 14.2 Å². The molecule has 2 aromatic rings. The first-order valence-electron chi connectivity index (χ1n) is 9.50. The van der Waals surface area contributed by atoms with Crippen molar-refractivity contribution in [3.05, 3.63) is 54.1 Å². The van der Waals surface area contributed by atoms with Crippen molar-refractivity contribution in [3.63, 3.8) is 0 Å². The third-order valence-electron chi connectivity index (χ3n) is 4.30. The van der Waals surface area contributed by atoms with Gasteiger partial charge < -0.3 is 19.1 Å². The molecule has 2 aromatic carbocycles. The van der Waals surface area contributed by atoms with Gasteiger partial charge in [-0.2, -0.15) is 8.42 Å². The molecule has 8 heteroatoms. The van der Waals surface area contributed by atoms with E-state index >= 15 is 0 Å². The summed E-state index contributed by atoms with van der Waals surface area (Å²) in [7, 11) is -3.61. The summed E-state index contributed by atoms with van der Waals surface area (Å²) in [5.41, 5.74) is 1.44. The third-order valence-corrected chi connectivity index (χ3v) is 4.79. The van der Waals surface area contributed by atoms with Gasteiger partial charge >= 0.3 is 16.1 Å². The zero-order chi connectivity index (χ0) is 21.4. The molecule has 0 radical (unpaired) electrons. The monoisotopic (exact) mass is 420 g/mol. The second-order valence-electron chi connectivity index (χ2n) is 6.71. The second-order valence-corrected chi connectivity index (χ2v) is 8.28. The number of nitrogens with zero attached hydrogens (tertiary/aromatic N) is 1. The van der Waals surface area contributed by atoms with E-state index in [4.69, 9.17) is 8.92 Å². The molecule has 0 saturated heterocycles. The molecule has 0 aliphatic heterocycles. The topological polar surface area (TPSA) is 84.9 Å². The van der Waals surface area contributed by atoms with Gasteiger partial charge in [-0.3, -0.25) is 0 Å². The van der Waals surface area contributed by atoms with Gasteiger partial charge in [0.1, 0.15) is 11.5 Å². The highest BCUT2D eigenvalue weighted by Gasteiger charge is 2.20. The van der Waals surface area contributed by atoms with Crippen LogP contribution in [0, 0.1) is 0 Å². The van der Waals surface area contributed by atoms with Crippen LogP contribution in [0.3, 0.4) is 0 Å². The van der Waals surface area contributed by atoms with Crippen molar-refractivity contribution in [3.8, 4) is 11.5 Å². The van der Waals surface area contributed by atoms with Crippen LogP contribution in [0.1, 0.15) is 32.8 Å². The molecule has 0 aliphatic rings. The highest BCUT2D eigenvalue weighted by atomic mass is 32.2. The Morgan fingerprint density at radius 2 is 1.79 bits per heavy atom. The second kappa shape index (κ2) is 10.2. The molecule has 1 unspecified atom stereocenters. The molecule has 0 heterocycles. The molecule has 0 fully saturated rings. The minimum atomic E-state index is -3.61. The fraction of sp³-hybridized carbons (Fsp3) is 0.381. The van der Waals surface area contributed by atoms with Crippen LogP contribution in [0.15, 0.2) is 48.5 Å². The van der Waals surface area contributed by atoms with E-state index in [2.05, 4.69) is 5.32 Å². The molecule has 2 amide bonds. The Kier molecular flexibility index (Phi) is 7.90. The summed E-state index contributed by atoms with van der Waals surface area (Å²) in [5, 5.41) is 2.90. The lowest BCUT2D eigenvalue weighted by Crippen LogP contribution is -2.40. The summed E-state index contributed by atoms with van der Waals surface area (Å²) in [6.07, 6.45) is 1.77. The molecule has 1 atom stereocenters. The van der Waals surface area contributed by atoms with Gasteiger partial charge in [-0.15, -0.1) is 0 Å². The van der Waals surface area contributed by atoms with Gasteiger partial charge in [-0.05, 0) is 62.2 Å². The minimum Gasteiger partial charge on any atom is -0.494 e. The number of carbonyl (C=O) groups excluding carboxylic acids is 1. The van der Waals surface area contributed by atoms with Crippen molar-refractivity contribution in [2.45, 2.75) is 39.8 Å². The maximum atomic E-state index is 12.9. The first-order chi connectivity index (χ1) is 13.7. The van der Waals surface area contributed by atoms with E-state index in [1.807, 2.05) is 26.8 Å². The van der Waals surface area contributed by atoms with Gasteiger partial charge in [-0.25, -0.2) is 4.79 Å². The number of rotatable bonds is 9. The van der Waals surface area contributed by atoms with Crippen LogP contribution in [0.25, 0.3) is 0 Å². The molecular weight excluding hydrogens is 392 g/mol. The zero-order valence-electron chi connectivity index (χ0n) is 17.2. The van der Waals surface area contributed by atoms with Crippen LogP contribution in [0.4, 0.5) is 10.5 Å². The Morgan fingerprint density at radius 3 is 2.38 bits per heavy atom. The molecule has 29 heavy (non-hydrogen) atoms. The number of amides is 2. The molecule has 0 aliphatic carbocycles. The lowest BCUT2D eigenvalue weighted by atomic mass is 10.1. The molecule has 0 spiro atoms. The molecule has 2 rings (SSSR count). The molecule has 158 valence electrons. The van der Waals surface area contributed by atoms with E-state index in [9.17, 15) is 13.2 Å². The first kappa shape index (κ1) is 22.5. The standard InChI is InChI=1S/C21H28N2O5S/c1-5-16(3)23(15-17-8-7-9-20(14-17)28-29(4,25)26)21(24)22-18-10-12-19(13-11-18)27-6-2/h7-14,16H,5-6,15H2,1-4H3,(H,22,24). The molecule has 1 N–H and O–H groups in total. The van der Waals surface area contributed by atoms with E-state index in [0.29, 0.717) is 18.8 Å². The summed E-state index contributed by atoms with van der Waals surface area (Å²) in [5.74, 6) is 0.966. The normalized spacial score (nSPS) is 12.1. The Balaban J connectivity index is 2.14. The predicted molar refractivity (Wildman–Crippen MR) is 114 cm³/mol. The van der Waals surface area contributed by atoms with E-state index in [1.54, 1.807) is 47.4 Å². The number of carbonyl (C=O) groups is 1. The van der Waals surface area contributed by atoms with Crippen LogP contribution in [0.5, 0.6) is 11.5 Å². The minimum absolute atomic E-state index is 0.0165. The third kappa shape index (κ3) is 7.30. The summed E-state index contributed by atoms with van der Waals surface area (Å²) in [6.45, 7) is 6.78. The molecule has 0 saturated carbocycles. The highest BCUT2D eigenvalue weighted by molar-refractivity contribution is 7.86. The van der Waals surface area contributed by atoms with E-state index in [1.165, 1.54) is 0 Å². The van der Waals surface area contributed by atoms with Gasteiger partial charge in [0.25, 0.3) is 0 Å². The van der Waals surface area contributed by atoms with Crippen LogP contribution in [-0.2, 0) is 16.7 Å². The summed E-state index contributed by atoms with van der Waals surface area (Å²) >= 11 is 0. The van der Waals surface area contributed by atoms with Gasteiger partial charge in [0.2, 0.25) is 0 Å². The van der Waals surface area contributed by atoms with Gasteiger partial charge in [0.05, 0.1) is 12.9 Å². The number of urea groups is 1. The summed E-state index contributed by atoms with van der Waals surface area (Å²) in [4.78, 5) is 14.6. The van der Waals surface area contributed by atoms with Crippen LogP contribution in [0.2, 0.25) is 0 Å². The number of hydrogen-bond acceptors (Lipinski definition) is 5. The molecule has 0 aromatic heterocycles. The highest BCUT2D eigenvalue weighted by Crippen LogP contribution is 2.20. The quantitative estimate of drug-likeness (QED) is 0.613. The first-order valence-corrected chi connectivity index (χ1v) is 11.3. The largest absolute Gasteiger partial charge is 0.494 e. The van der Waals surface area contributed by atoms with Crippen molar-refractivity contribution in [2.24, 2.45) is 0 Å². The predicted octanol–water partition coefficient (Wildman–Crippen LogP) is 4.26. The van der Waals surface area contributed by atoms with E-state index in [-0.39, 0.29) is 17.8 Å². The fourth-order valence-corrected chi connectivity index (χ4v) is 3.17. The Bertz CT molecular complexity index is 913. The van der Waals surface area contributed by atoms with Crippen molar-refractivity contribution in [2.75, 3.05) is 18.2 Å². The van der Waals surface area contributed by atoms with Gasteiger partial charge in [-0.1, -0.05) is 19.1 Å². The van der Waals surface area contributed by atoms with Crippen LogP contribution >= 0.6 is 0 Å². The van der Waals surface area contributed by atoms with Crippen molar-refractivity contribution in [1.82, 2.24) is 4.90 Å². The number of benzene rings is 2. The lowest BCUT2D eigenvalue weighted by molar-refractivity contribution is 0.187. The molecule has 0 bridgehead atoms. The van der Waals surface area contributed by atoms with Crippen LogP contribution in [-0.4, -0.2) is 38.3 Å². The van der Waals surface area contributed by atoms with Crippen molar-refractivity contribution in [1.29, 1.82) is 0 Å². The Hall–Kier alpha value is -2.74. The van der Waals surface area contributed by atoms with E-state index < -0.39 is 10.1 Å². The number of anilines is 1. The van der Waals surface area contributed by atoms with Gasteiger partial charge in [0.15, 0.2) is 0 Å². The number of ether oxygens (including phenoxy) is 1. The Morgan fingerprint density at radius 1 is 1.10 bits per heavy atom. The summed E-state index contributed by atoms with van der Waals surface area (Å²) in [6, 6.07) is 13.7. The average molecular weight is 421 g/mol. The fourth-order valence-electron chi connectivity index (χ4n) is 2.71. The Labute approximate surface area is 172 Å².